The quantitative estimate of drug-likeness (QED) is 0.446. The van der Waals surface area contributed by atoms with Crippen molar-refractivity contribution >= 4 is 12.0 Å². The minimum absolute atomic E-state index is 0.0353. The predicted molar refractivity (Wildman–Crippen MR) is 95.4 cm³/mol. The number of ether oxygens (including phenoxy) is 1. The van der Waals surface area contributed by atoms with Crippen LogP contribution in [0.2, 0.25) is 0 Å². The molecule has 0 aliphatic heterocycles. The first-order chi connectivity index (χ1) is 11.7. The Bertz CT molecular complexity index is 463. The average Bonchev–Trinajstić information content (AvgIpc) is 2.60. The second kappa shape index (κ2) is 13.4. The smallest absolute Gasteiger partial charge is 0.408 e. The van der Waals surface area contributed by atoms with Gasteiger partial charge in [-0.25, -0.2) is 4.79 Å². The van der Waals surface area contributed by atoms with Crippen LogP contribution in [-0.4, -0.2) is 18.7 Å². The van der Waals surface area contributed by atoms with Crippen LogP contribution in [0.3, 0.4) is 0 Å². The first-order valence-electron chi connectivity index (χ1n) is 8.93. The summed E-state index contributed by atoms with van der Waals surface area (Å²) in [6.07, 6.45) is 8.25. The van der Waals surface area contributed by atoms with Crippen molar-refractivity contribution in [2.45, 2.75) is 64.9 Å². The largest absolute Gasteiger partial charge is 0.445 e. The van der Waals surface area contributed by atoms with Gasteiger partial charge in [0.2, 0.25) is 5.91 Å². The first-order valence-corrected chi connectivity index (χ1v) is 8.93. The van der Waals surface area contributed by atoms with Gasteiger partial charge in [0, 0.05) is 6.42 Å². The van der Waals surface area contributed by atoms with Crippen LogP contribution in [0.25, 0.3) is 0 Å². The molecule has 1 aromatic rings. The molecule has 0 heterocycles. The maximum Gasteiger partial charge on any atom is 0.408 e. The standard InChI is InChI=1S/C19H30N2O3/c1-2-3-4-5-6-7-11-14-18(22)20-16-21-19(23)24-15-17-12-9-8-10-13-17/h8-10,12-13H,2-7,11,14-16H2,1H3,(H,20,22)(H,21,23). The lowest BCUT2D eigenvalue weighted by Gasteiger charge is -2.08. The van der Waals surface area contributed by atoms with Gasteiger partial charge in [-0.1, -0.05) is 75.8 Å². The highest BCUT2D eigenvalue weighted by Crippen LogP contribution is 2.08. The fourth-order valence-corrected chi connectivity index (χ4v) is 2.32. The Morgan fingerprint density at radius 3 is 2.29 bits per heavy atom. The highest BCUT2D eigenvalue weighted by atomic mass is 16.5. The van der Waals surface area contributed by atoms with Crippen molar-refractivity contribution in [1.29, 1.82) is 0 Å². The van der Waals surface area contributed by atoms with Gasteiger partial charge in [-0.3, -0.25) is 4.79 Å². The Balaban J connectivity index is 1.95. The third-order valence-electron chi connectivity index (χ3n) is 3.74. The lowest BCUT2D eigenvalue weighted by Crippen LogP contribution is -2.37. The van der Waals surface area contributed by atoms with Crippen LogP contribution in [0.4, 0.5) is 4.79 Å². The Morgan fingerprint density at radius 2 is 1.58 bits per heavy atom. The second-order valence-electron chi connectivity index (χ2n) is 5.89. The number of nitrogens with one attached hydrogen (secondary N) is 2. The van der Waals surface area contributed by atoms with E-state index in [1.54, 1.807) is 0 Å². The number of alkyl carbamates (subject to hydrolysis) is 1. The summed E-state index contributed by atoms with van der Waals surface area (Å²) < 4.78 is 5.05. The molecule has 0 bridgehead atoms. The summed E-state index contributed by atoms with van der Waals surface area (Å²) in [7, 11) is 0. The Hall–Kier alpha value is -2.04. The van der Waals surface area contributed by atoms with Crippen molar-refractivity contribution < 1.29 is 14.3 Å². The zero-order valence-electron chi connectivity index (χ0n) is 14.7. The maximum absolute atomic E-state index is 11.6. The number of hydrogen-bond acceptors (Lipinski definition) is 3. The number of benzene rings is 1. The van der Waals surface area contributed by atoms with Crippen molar-refractivity contribution in [2.75, 3.05) is 6.67 Å². The summed E-state index contributed by atoms with van der Waals surface area (Å²) in [6.45, 7) is 2.53. The van der Waals surface area contributed by atoms with Gasteiger partial charge in [0.1, 0.15) is 6.61 Å². The Labute approximate surface area is 145 Å². The Kier molecular flexibility index (Phi) is 11.2. The molecule has 2 N–H and O–H groups in total. The van der Waals surface area contributed by atoms with E-state index in [2.05, 4.69) is 17.6 Å². The van der Waals surface area contributed by atoms with Crippen LogP contribution in [0.5, 0.6) is 0 Å². The van der Waals surface area contributed by atoms with Gasteiger partial charge < -0.3 is 15.4 Å². The molecule has 1 aromatic carbocycles. The lowest BCUT2D eigenvalue weighted by molar-refractivity contribution is -0.121. The molecule has 0 radical (unpaired) electrons. The first kappa shape index (κ1) is 20.0. The summed E-state index contributed by atoms with van der Waals surface area (Å²) in [5, 5.41) is 5.19. The molecule has 2 amide bonds. The fraction of sp³-hybridized carbons (Fsp3) is 0.579. The number of hydrogen-bond donors (Lipinski definition) is 2. The topological polar surface area (TPSA) is 67.4 Å². The van der Waals surface area contributed by atoms with Crippen molar-refractivity contribution in [3.05, 3.63) is 35.9 Å². The van der Waals surface area contributed by atoms with E-state index in [1.165, 1.54) is 32.1 Å². The van der Waals surface area contributed by atoms with Gasteiger partial charge in [0.15, 0.2) is 0 Å². The van der Waals surface area contributed by atoms with Gasteiger partial charge in [-0.05, 0) is 12.0 Å². The van der Waals surface area contributed by atoms with E-state index in [0.29, 0.717) is 6.42 Å². The van der Waals surface area contributed by atoms with E-state index in [0.717, 1.165) is 18.4 Å². The highest BCUT2D eigenvalue weighted by molar-refractivity contribution is 5.76. The number of amides is 2. The van der Waals surface area contributed by atoms with E-state index in [4.69, 9.17) is 4.74 Å². The zero-order chi connectivity index (χ0) is 17.5. The molecule has 0 atom stereocenters. The lowest BCUT2D eigenvalue weighted by atomic mass is 10.1. The molecule has 0 unspecified atom stereocenters. The van der Waals surface area contributed by atoms with Gasteiger partial charge in [-0.2, -0.15) is 0 Å². The summed E-state index contributed by atoms with van der Waals surface area (Å²) in [4.78, 5) is 23.1. The fourth-order valence-electron chi connectivity index (χ4n) is 2.32. The van der Waals surface area contributed by atoms with E-state index < -0.39 is 6.09 Å². The van der Waals surface area contributed by atoms with Crippen LogP contribution in [-0.2, 0) is 16.1 Å². The Morgan fingerprint density at radius 1 is 0.917 bits per heavy atom. The summed E-state index contributed by atoms with van der Waals surface area (Å²) in [5.74, 6) is -0.0353. The van der Waals surface area contributed by atoms with Gasteiger partial charge in [-0.15, -0.1) is 0 Å². The number of unbranched alkanes of at least 4 members (excludes halogenated alkanes) is 6. The third-order valence-corrected chi connectivity index (χ3v) is 3.74. The minimum Gasteiger partial charge on any atom is -0.445 e. The molecular formula is C19H30N2O3. The molecule has 5 heteroatoms. The summed E-state index contributed by atoms with van der Waals surface area (Å²) in [5.41, 5.74) is 0.927. The van der Waals surface area contributed by atoms with E-state index >= 15 is 0 Å². The molecule has 0 aliphatic rings. The molecule has 5 nitrogen and oxygen atoms in total. The average molecular weight is 334 g/mol. The molecule has 0 spiro atoms. The van der Waals surface area contributed by atoms with E-state index in [-0.39, 0.29) is 19.2 Å². The minimum atomic E-state index is -0.532. The zero-order valence-corrected chi connectivity index (χ0v) is 14.7. The van der Waals surface area contributed by atoms with Crippen LogP contribution in [0, 0.1) is 0 Å². The van der Waals surface area contributed by atoms with Gasteiger partial charge >= 0.3 is 6.09 Å². The van der Waals surface area contributed by atoms with Crippen molar-refractivity contribution in [3.8, 4) is 0 Å². The highest BCUT2D eigenvalue weighted by Gasteiger charge is 2.04. The SMILES string of the molecule is CCCCCCCCCC(=O)NCNC(=O)OCc1ccccc1. The molecule has 0 fully saturated rings. The number of carbonyl (C=O) groups is 2. The molecule has 1 rings (SSSR count). The molecule has 0 saturated carbocycles. The summed E-state index contributed by atoms with van der Waals surface area (Å²) >= 11 is 0. The predicted octanol–water partition coefficient (Wildman–Crippen LogP) is 4.13. The van der Waals surface area contributed by atoms with E-state index in [9.17, 15) is 9.59 Å². The van der Waals surface area contributed by atoms with Gasteiger partial charge in [0.05, 0.1) is 6.67 Å². The number of rotatable bonds is 12. The molecule has 24 heavy (non-hydrogen) atoms. The second-order valence-corrected chi connectivity index (χ2v) is 5.89. The maximum atomic E-state index is 11.6. The third kappa shape index (κ3) is 10.6. The normalized spacial score (nSPS) is 10.2. The van der Waals surface area contributed by atoms with Crippen LogP contribution in [0.1, 0.15) is 63.9 Å². The van der Waals surface area contributed by atoms with E-state index in [1.807, 2.05) is 30.3 Å². The molecule has 0 aromatic heterocycles. The molecule has 134 valence electrons. The van der Waals surface area contributed by atoms with Crippen molar-refractivity contribution in [1.82, 2.24) is 10.6 Å². The van der Waals surface area contributed by atoms with Crippen LogP contribution >= 0.6 is 0 Å². The van der Waals surface area contributed by atoms with Crippen LogP contribution < -0.4 is 10.6 Å². The monoisotopic (exact) mass is 334 g/mol. The molecular weight excluding hydrogens is 304 g/mol. The molecule has 0 saturated heterocycles. The number of carbonyl (C=O) groups excluding carboxylic acids is 2. The molecule has 0 aliphatic carbocycles. The summed E-state index contributed by atoms with van der Waals surface area (Å²) in [6, 6.07) is 9.46. The van der Waals surface area contributed by atoms with Crippen molar-refractivity contribution in [3.63, 3.8) is 0 Å². The van der Waals surface area contributed by atoms with Crippen molar-refractivity contribution in [2.24, 2.45) is 0 Å². The van der Waals surface area contributed by atoms with Crippen LogP contribution in [0.15, 0.2) is 30.3 Å². The van der Waals surface area contributed by atoms with Gasteiger partial charge in [0.25, 0.3) is 0 Å².